The number of rotatable bonds is 14. The van der Waals surface area contributed by atoms with Crippen LogP contribution in [0, 0.1) is 11.8 Å². The molecule has 1 fully saturated rings. The Morgan fingerprint density at radius 1 is 0.808 bits per heavy atom. The topological polar surface area (TPSA) is 37.3 Å². The van der Waals surface area contributed by atoms with Crippen molar-refractivity contribution >= 4 is 85.9 Å². The fourth-order valence-corrected chi connectivity index (χ4v) is 3.22. The van der Waals surface area contributed by atoms with Gasteiger partial charge in [0, 0.05) is 6.42 Å². The summed E-state index contributed by atoms with van der Waals surface area (Å²) >= 11 is 9.48. The third-order valence-electron chi connectivity index (χ3n) is 4.73. The molecular formula is C18H34I4O2V2. The summed E-state index contributed by atoms with van der Waals surface area (Å²) in [7, 11) is 1.25. The summed E-state index contributed by atoms with van der Waals surface area (Å²) in [6, 6.07) is 0. The third-order valence-corrected chi connectivity index (χ3v) is 4.73. The molecule has 0 aliphatic heterocycles. The number of carboxylic acid groups (broad SMARTS) is 1. The molecule has 0 saturated heterocycles. The van der Waals surface area contributed by atoms with E-state index >= 15 is 0 Å². The molecule has 2 unspecified atom stereocenters. The van der Waals surface area contributed by atoms with E-state index in [1.54, 1.807) is 0 Å². The summed E-state index contributed by atoms with van der Waals surface area (Å²) in [6.45, 7) is 2.27. The SMILES string of the molecule is CCCCCCCCCCCCC1CC1CCC(=O)O.[I][V][I].[I][V][I]. The second-order valence-electron chi connectivity index (χ2n) is 6.79. The number of aliphatic carboxylic acids is 1. The normalized spacial score (nSPS) is 17.3. The van der Waals surface area contributed by atoms with Crippen molar-refractivity contribution in [3.8, 4) is 0 Å². The van der Waals surface area contributed by atoms with Gasteiger partial charge < -0.3 is 5.11 Å². The van der Waals surface area contributed by atoms with Crippen LogP contribution in [0.2, 0.25) is 0 Å². The van der Waals surface area contributed by atoms with Crippen molar-refractivity contribution < 1.29 is 28.8 Å². The Kier molecular flexibility index (Phi) is 32.5. The summed E-state index contributed by atoms with van der Waals surface area (Å²) in [5.74, 6) is 0.975. The number of hydrogen-bond acceptors (Lipinski definition) is 1. The van der Waals surface area contributed by atoms with Crippen molar-refractivity contribution in [2.24, 2.45) is 11.8 Å². The van der Waals surface area contributed by atoms with Crippen LogP contribution in [0.1, 0.15) is 96.8 Å². The Morgan fingerprint density at radius 2 is 1.19 bits per heavy atom. The second-order valence-corrected chi connectivity index (χ2v) is 30.4. The van der Waals surface area contributed by atoms with E-state index in [1.807, 2.05) is 0 Å². The van der Waals surface area contributed by atoms with Gasteiger partial charge in [-0.05, 0) is 24.7 Å². The van der Waals surface area contributed by atoms with Crippen LogP contribution in [0.3, 0.4) is 0 Å². The van der Waals surface area contributed by atoms with Crippen LogP contribution in [0.5, 0.6) is 0 Å². The van der Waals surface area contributed by atoms with Gasteiger partial charge in [0.25, 0.3) is 0 Å². The molecule has 1 N–H and O–H groups in total. The zero-order valence-electron chi connectivity index (χ0n) is 15.8. The fraction of sp³-hybridized carbons (Fsp3) is 0.944. The number of unbranched alkanes of at least 4 members (excludes halogenated alkanes) is 9. The van der Waals surface area contributed by atoms with Crippen molar-refractivity contribution in [3.05, 3.63) is 0 Å². The Hall–Kier alpha value is 3.56. The molecule has 2 nitrogen and oxygen atoms in total. The second kappa shape index (κ2) is 26.6. The van der Waals surface area contributed by atoms with Crippen molar-refractivity contribution in [2.75, 3.05) is 0 Å². The molecular weight excluding hydrogens is 858 g/mol. The summed E-state index contributed by atoms with van der Waals surface area (Å²) in [4.78, 5) is 10.5. The molecule has 0 amide bonds. The Bertz CT molecular complexity index is 298. The predicted molar refractivity (Wildman–Crippen MR) is 141 cm³/mol. The summed E-state index contributed by atoms with van der Waals surface area (Å²) in [6.07, 6.45) is 18.0. The third kappa shape index (κ3) is 27.6. The van der Waals surface area contributed by atoms with Gasteiger partial charge in [-0.25, -0.2) is 0 Å². The van der Waals surface area contributed by atoms with Crippen LogP contribution >= 0.6 is 79.9 Å². The van der Waals surface area contributed by atoms with E-state index in [9.17, 15) is 4.79 Å². The zero-order valence-corrected chi connectivity index (χ0v) is 27.2. The first-order valence-corrected chi connectivity index (χ1v) is 27.7. The number of carboxylic acids is 1. The van der Waals surface area contributed by atoms with E-state index in [0.717, 1.165) is 18.3 Å². The molecule has 0 aromatic heterocycles. The maximum absolute atomic E-state index is 10.5. The first-order chi connectivity index (χ1) is 12.6. The summed E-state index contributed by atoms with van der Waals surface area (Å²) < 4.78 is 0. The first-order valence-electron chi connectivity index (χ1n) is 9.63. The molecule has 26 heavy (non-hydrogen) atoms. The van der Waals surface area contributed by atoms with E-state index in [2.05, 4.69) is 86.8 Å². The number of carbonyl (C=O) groups is 1. The number of hydrogen-bond donors (Lipinski definition) is 1. The molecule has 0 radical (unpaired) electrons. The first kappa shape index (κ1) is 31.7. The quantitative estimate of drug-likeness (QED) is 0.140. The average molecular weight is 892 g/mol. The standard InChI is InChI=1S/C18H34O2.4HI.2V/c1-2-3-4-5-6-7-8-9-10-11-12-16-15-17(16)13-14-18(19)20;;;;;;/h16-17H,2-15H2,1H3,(H,19,20);4*1H;;/q;;;;;2*+2/p-4. The zero-order chi connectivity index (χ0) is 20.0. The molecule has 0 spiro atoms. The van der Waals surface area contributed by atoms with Crippen LogP contribution in [-0.2, 0) is 23.7 Å². The van der Waals surface area contributed by atoms with Crippen molar-refractivity contribution in [1.29, 1.82) is 0 Å². The molecule has 1 rings (SSSR count). The molecule has 2 atom stereocenters. The molecule has 1 aliphatic rings. The van der Waals surface area contributed by atoms with Crippen molar-refractivity contribution in [2.45, 2.75) is 96.8 Å². The summed E-state index contributed by atoms with van der Waals surface area (Å²) in [5.41, 5.74) is 0. The predicted octanol–water partition coefficient (Wildman–Crippen LogP) is 9.34. The van der Waals surface area contributed by atoms with Crippen LogP contribution in [0.4, 0.5) is 0 Å². The van der Waals surface area contributed by atoms with Gasteiger partial charge in [-0.3, -0.25) is 4.79 Å². The van der Waals surface area contributed by atoms with E-state index in [0.29, 0.717) is 25.4 Å². The van der Waals surface area contributed by atoms with Gasteiger partial charge in [0.1, 0.15) is 0 Å². The minimum absolute atomic E-state index is 0.374. The van der Waals surface area contributed by atoms with Crippen molar-refractivity contribution in [1.82, 2.24) is 0 Å². The monoisotopic (exact) mass is 892 g/mol. The van der Waals surface area contributed by atoms with Gasteiger partial charge in [-0.15, -0.1) is 0 Å². The maximum atomic E-state index is 10.5. The Balaban J connectivity index is 0. The van der Waals surface area contributed by atoms with Crippen LogP contribution < -0.4 is 0 Å². The molecule has 1 aliphatic carbocycles. The van der Waals surface area contributed by atoms with Gasteiger partial charge in [0.2, 0.25) is 0 Å². The fourth-order valence-electron chi connectivity index (χ4n) is 3.22. The van der Waals surface area contributed by atoms with Gasteiger partial charge in [-0.2, -0.15) is 0 Å². The van der Waals surface area contributed by atoms with E-state index in [-0.39, 0.29) is 0 Å². The van der Waals surface area contributed by atoms with Gasteiger partial charge in [0.05, 0.1) is 0 Å². The Morgan fingerprint density at radius 3 is 1.62 bits per heavy atom. The number of halogens is 4. The Labute approximate surface area is 219 Å². The molecule has 0 aromatic carbocycles. The van der Waals surface area contributed by atoms with Gasteiger partial charge >= 0.3 is 105 Å². The van der Waals surface area contributed by atoms with Crippen LogP contribution in [0.15, 0.2) is 0 Å². The van der Waals surface area contributed by atoms with Crippen LogP contribution in [0.25, 0.3) is 0 Å². The molecule has 8 heteroatoms. The van der Waals surface area contributed by atoms with E-state index in [4.69, 9.17) is 5.11 Å². The molecule has 1 saturated carbocycles. The van der Waals surface area contributed by atoms with E-state index < -0.39 is 5.97 Å². The molecule has 0 aromatic rings. The van der Waals surface area contributed by atoms with Crippen LogP contribution in [-0.4, -0.2) is 11.1 Å². The summed E-state index contributed by atoms with van der Waals surface area (Å²) in [5, 5.41) is 8.64. The molecule has 0 bridgehead atoms. The molecule has 156 valence electrons. The minimum atomic E-state index is -0.630. The van der Waals surface area contributed by atoms with Crippen molar-refractivity contribution in [3.63, 3.8) is 0 Å². The molecule has 0 heterocycles. The van der Waals surface area contributed by atoms with Gasteiger partial charge in [0.15, 0.2) is 0 Å². The van der Waals surface area contributed by atoms with Gasteiger partial charge in [-0.1, -0.05) is 77.6 Å². The van der Waals surface area contributed by atoms with E-state index in [1.165, 1.54) is 77.0 Å². The average Bonchev–Trinajstić information content (AvgIpc) is 3.34.